The molecule has 0 N–H and O–H groups in total. The molecule has 17 heavy (non-hydrogen) atoms. The van der Waals surface area contributed by atoms with Crippen molar-refractivity contribution in [1.29, 1.82) is 0 Å². The van der Waals surface area contributed by atoms with E-state index in [2.05, 4.69) is 20.9 Å². The van der Waals surface area contributed by atoms with Gasteiger partial charge in [0.2, 0.25) is 5.82 Å². The Kier molecular flexibility index (Phi) is 3.38. The molecule has 5 heteroatoms. The van der Waals surface area contributed by atoms with Crippen LogP contribution in [0.1, 0.15) is 5.56 Å². The average molecular weight is 300 g/mol. The molecule has 2 aromatic rings. The molecule has 88 valence electrons. The number of aromatic nitrogens is 1. The first kappa shape index (κ1) is 12.0. The highest BCUT2D eigenvalue weighted by Crippen LogP contribution is 2.30. The minimum absolute atomic E-state index is 0.161. The zero-order valence-electron chi connectivity index (χ0n) is 8.88. The summed E-state index contributed by atoms with van der Waals surface area (Å²) in [6.45, 7) is 1.77. The molecule has 2 rings (SSSR count). The number of nitrogens with zero attached hydrogens (tertiary/aromatic N) is 1. The molecule has 0 saturated carbocycles. The topological polar surface area (TPSA) is 22.1 Å². The van der Waals surface area contributed by atoms with E-state index < -0.39 is 11.6 Å². The number of rotatable bonds is 2. The van der Waals surface area contributed by atoms with Crippen LogP contribution in [0, 0.1) is 18.6 Å². The molecular weight excluding hydrogens is 292 g/mol. The Labute approximate surface area is 105 Å². The second kappa shape index (κ2) is 4.79. The molecule has 0 spiro atoms. The molecule has 0 aliphatic rings. The van der Waals surface area contributed by atoms with Crippen molar-refractivity contribution >= 4 is 15.9 Å². The quantitative estimate of drug-likeness (QED) is 0.775. The zero-order chi connectivity index (χ0) is 12.4. The van der Waals surface area contributed by atoms with Crippen LogP contribution in [0.2, 0.25) is 0 Å². The second-order valence-electron chi connectivity index (χ2n) is 3.44. The lowest BCUT2D eigenvalue weighted by Gasteiger charge is -2.09. The summed E-state index contributed by atoms with van der Waals surface area (Å²) < 4.78 is 32.3. The van der Waals surface area contributed by atoms with Gasteiger partial charge in [0.1, 0.15) is 5.75 Å². The second-order valence-corrected chi connectivity index (χ2v) is 4.36. The first-order valence-corrected chi connectivity index (χ1v) is 5.60. The molecule has 1 aromatic heterocycles. The minimum Gasteiger partial charge on any atom is -0.454 e. The summed E-state index contributed by atoms with van der Waals surface area (Å²) in [5.74, 6) is -1.69. The van der Waals surface area contributed by atoms with E-state index in [9.17, 15) is 8.78 Å². The molecule has 0 aliphatic carbocycles. The van der Waals surface area contributed by atoms with Crippen LogP contribution in [0.15, 0.2) is 35.1 Å². The zero-order valence-corrected chi connectivity index (χ0v) is 10.5. The third-order valence-corrected chi connectivity index (χ3v) is 2.61. The average Bonchev–Trinajstić information content (AvgIpc) is 2.28. The van der Waals surface area contributed by atoms with Crippen LogP contribution in [0.5, 0.6) is 11.5 Å². The van der Waals surface area contributed by atoms with Gasteiger partial charge in [0, 0.05) is 22.4 Å². The Morgan fingerprint density at radius 1 is 1.24 bits per heavy atom. The molecule has 0 fully saturated rings. The number of hydrogen-bond acceptors (Lipinski definition) is 2. The van der Waals surface area contributed by atoms with Crippen molar-refractivity contribution in [2.24, 2.45) is 0 Å². The molecule has 0 amide bonds. The fraction of sp³-hybridized carbons (Fsp3) is 0.0833. The summed E-state index contributed by atoms with van der Waals surface area (Å²) in [7, 11) is 0. The Hall–Kier alpha value is -1.49. The van der Waals surface area contributed by atoms with Crippen LogP contribution < -0.4 is 4.74 Å². The highest BCUT2D eigenvalue weighted by Gasteiger charge is 2.12. The van der Waals surface area contributed by atoms with Crippen LogP contribution in [0.25, 0.3) is 0 Å². The maximum Gasteiger partial charge on any atom is 0.201 e. The van der Waals surface area contributed by atoms with Gasteiger partial charge in [-0.1, -0.05) is 15.9 Å². The maximum absolute atomic E-state index is 13.5. The van der Waals surface area contributed by atoms with Crippen molar-refractivity contribution < 1.29 is 13.5 Å². The van der Waals surface area contributed by atoms with Crippen LogP contribution in [-0.2, 0) is 0 Å². The molecule has 0 saturated heterocycles. The fourth-order valence-corrected chi connectivity index (χ4v) is 1.71. The summed E-state index contributed by atoms with van der Waals surface area (Å²) in [6.07, 6.45) is 3.11. The lowest BCUT2D eigenvalue weighted by atomic mass is 10.3. The first-order chi connectivity index (χ1) is 8.08. The van der Waals surface area contributed by atoms with Gasteiger partial charge in [0.05, 0.1) is 0 Å². The lowest BCUT2D eigenvalue weighted by Crippen LogP contribution is -1.94. The Morgan fingerprint density at radius 3 is 2.71 bits per heavy atom. The van der Waals surface area contributed by atoms with Gasteiger partial charge >= 0.3 is 0 Å². The number of benzene rings is 1. The van der Waals surface area contributed by atoms with Gasteiger partial charge in [-0.25, -0.2) is 4.39 Å². The predicted molar refractivity (Wildman–Crippen MR) is 63.1 cm³/mol. The Balaban J connectivity index is 2.40. The molecule has 0 atom stereocenters. The predicted octanol–water partition coefficient (Wildman–Crippen LogP) is 4.22. The van der Waals surface area contributed by atoms with E-state index in [1.807, 2.05) is 0 Å². The summed E-state index contributed by atoms with van der Waals surface area (Å²) in [6, 6.07) is 4.01. The van der Waals surface area contributed by atoms with Gasteiger partial charge in [0.15, 0.2) is 11.6 Å². The van der Waals surface area contributed by atoms with Crippen molar-refractivity contribution in [2.45, 2.75) is 6.92 Å². The van der Waals surface area contributed by atoms with Gasteiger partial charge in [-0.15, -0.1) is 0 Å². The van der Waals surface area contributed by atoms with E-state index in [1.54, 1.807) is 19.2 Å². The van der Waals surface area contributed by atoms with E-state index in [0.29, 0.717) is 10.2 Å². The number of hydrogen-bond donors (Lipinski definition) is 0. The third-order valence-electron chi connectivity index (χ3n) is 2.15. The Bertz CT molecular complexity index is 560. The highest BCUT2D eigenvalue weighted by molar-refractivity contribution is 9.10. The maximum atomic E-state index is 13.5. The van der Waals surface area contributed by atoms with Crippen molar-refractivity contribution in [1.82, 2.24) is 4.98 Å². The van der Waals surface area contributed by atoms with E-state index in [1.165, 1.54) is 12.3 Å². The van der Waals surface area contributed by atoms with Crippen LogP contribution >= 0.6 is 15.9 Å². The van der Waals surface area contributed by atoms with Crippen LogP contribution in [0.4, 0.5) is 8.78 Å². The molecular formula is C12H8BrF2NO. The Morgan fingerprint density at radius 2 is 2.00 bits per heavy atom. The van der Waals surface area contributed by atoms with Gasteiger partial charge in [-0.3, -0.25) is 4.98 Å². The lowest BCUT2D eigenvalue weighted by molar-refractivity contribution is 0.413. The normalized spacial score (nSPS) is 10.4. The third kappa shape index (κ3) is 2.61. The number of ether oxygens (including phenoxy) is 1. The molecule has 0 unspecified atom stereocenters. The van der Waals surface area contributed by atoms with Gasteiger partial charge in [-0.05, 0) is 25.1 Å². The largest absolute Gasteiger partial charge is 0.454 e. The molecule has 1 heterocycles. The van der Waals surface area contributed by atoms with E-state index in [0.717, 1.165) is 11.6 Å². The highest BCUT2D eigenvalue weighted by atomic mass is 79.9. The van der Waals surface area contributed by atoms with E-state index in [-0.39, 0.29) is 5.75 Å². The summed E-state index contributed by atoms with van der Waals surface area (Å²) in [4.78, 5) is 3.89. The van der Waals surface area contributed by atoms with Crippen LogP contribution in [0.3, 0.4) is 0 Å². The van der Waals surface area contributed by atoms with Crippen LogP contribution in [-0.4, -0.2) is 4.98 Å². The van der Waals surface area contributed by atoms with Gasteiger partial charge < -0.3 is 4.74 Å². The molecule has 0 radical (unpaired) electrons. The van der Waals surface area contributed by atoms with Crippen molar-refractivity contribution in [2.75, 3.05) is 0 Å². The SMILES string of the molecule is Cc1cnccc1Oc1cc(Br)cc(F)c1F. The monoisotopic (exact) mass is 299 g/mol. The molecule has 1 aromatic carbocycles. The number of pyridine rings is 1. The van der Waals surface area contributed by atoms with E-state index >= 15 is 0 Å². The van der Waals surface area contributed by atoms with E-state index in [4.69, 9.17) is 4.74 Å². The van der Waals surface area contributed by atoms with Crippen molar-refractivity contribution in [3.05, 3.63) is 52.3 Å². The molecule has 0 bridgehead atoms. The summed E-state index contributed by atoms with van der Waals surface area (Å²) in [5.41, 5.74) is 0.743. The molecule has 0 aliphatic heterocycles. The van der Waals surface area contributed by atoms with Gasteiger partial charge in [0.25, 0.3) is 0 Å². The smallest absolute Gasteiger partial charge is 0.201 e. The van der Waals surface area contributed by atoms with Gasteiger partial charge in [-0.2, -0.15) is 4.39 Å². The van der Waals surface area contributed by atoms with Crippen molar-refractivity contribution in [3.63, 3.8) is 0 Å². The summed E-state index contributed by atoms with van der Waals surface area (Å²) in [5, 5.41) is 0. The molecule has 2 nitrogen and oxygen atoms in total. The number of halogens is 3. The minimum atomic E-state index is -1.01. The fourth-order valence-electron chi connectivity index (χ4n) is 1.30. The summed E-state index contributed by atoms with van der Waals surface area (Å²) >= 11 is 3.08. The van der Waals surface area contributed by atoms with Crippen molar-refractivity contribution in [3.8, 4) is 11.5 Å². The standard InChI is InChI=1S/C12H8BrF2NO/c1-7-6-16-3-2-10(7)17-11-5-8(13)4-9(14)12(11)15/h2-6H,1H3. The first-order valence-electron chi connectivity index (χ1n) is 4.81. The number of aryl methyl sites for hydroxylation is 1.